The number of hydrogen-bond donors (Lipinski definition) is 4. The Morgan fingerprint density at radius 2 is 1.22 bits per heavy atom. The number of aromatic nitrogens is 8. The number of fused-ring (bicyclic) bond motifs is 6. The smallest absolute Gasteiger partial charge is 0.346 e. The average Bonchev–Trinajstić information content (AvgIpc) is 3.79. The number of nitrogens with two attached hydrogens (primary N) is 2. The molecule has 0 aliphatic heterocycles. The quantitative estimate of drug-likeness (QED) is 0.153. The van der Waals surface area contributed by atoms with E-state index in [-0.39, 0.29) is 34.2 Å². The zero-order valence-electron chi connectivity index (χ0n) is 26.7. The maximum Gasteiger partial charge on any atom is 0.400 e. The molecule has 0 radical (unpaired) electrons. The van der Waals surface area contributed by atoms with Crippen LogP contribution >= 0.6 is 0 Å². The van der Waals surface area contributed by atoms with Crippen LogP contribution in [0.25, 0.3) is 44.1 Å². The van der Waals surface area contributed by atoms with E-state index in [1.807, 2.05) is 37.3 Å². The maximum absolute atomic E-state index is 12.3. The zero-order valence-corrected chi connectivity index (χ0v) is 26.7. The Bertz CT molecular complexity index is 2220. The minimum absolute atomic E-state index is 0.0510. The van der Waals surface area contributed by atoms with Crippen molar-refractivity contribution in [2.75, 3.05) is 6.54 Å². The van der Waals surface area contributed by atoms with Crippen molar-refractivity contribution in [2.24, 2.45) is 16.9 Å². The van der Waals surface area contributed by atoms with Crippen molar-refractivity contribution >= 4 is 49.9 Å². The fourth-order valence-corrected chi connectivity index (χ4v) is 8.97. The number of nitrogens with one attached hydrogen (secondary N) is 2. The highest BCUT2D eigenvalue weighted by Crippen LogP contribution is 2.73. The molecule has 11 nitrogen and oxygen atoms in total. The number of ketones is 1. The van der Waals surface area contributed by atoms with Gasteiger partial charge in [-0.1, -0.05) is 0 Å². The molecule has 0 saturated heterocycles. The second kappa shape index (κ2) is 10.7. The molecular formula is C33H34F6N10O. The Labute approximate surface area is 279 Å². The number of pyridine rings is 2. The van der Waals surface area contributed by atoms with E-state index >= 15 is 0 Å². The van der Waals surface area contributed by atoms with Gasteiger partial charge in [0.2, 0.25) is 0 Å². The minimum Gasteiger partial charge on any atom is -0.346 e. The average molecular weight is 701 g/mol. The molecule has 0 atom stereocenters. The first kappa shape index (κ1) is 32.7. The van der Waals surface area contributed by atoms with E-state index in [2.05, 4.69) is 50.8 Å². The van der Waals surface area contributed by atoms with Crippen molar-refractivity contribution in [1.82, 2.24) is 39.0 Å². The van der Waals surface area contributed by atoms with Gasteiger partial charge in [0.25, 0.3) is 0 Å². The Morgan fingerprint density at radius 1 is 0.760 bits per heavy atom. The van der Waals surface area contributed by atoms with Gasteiger partial charge in [-0.2, -0.15) is 26.3 Å². The van der Waals surface area contributed by atoms with E-state index < -0.39 is 31.7 Å². The SMILES string of the molecule is NC12CC(n3cnc4cnc5[nH]ccc5c43)(C1)C2.NCC(F)(F)F.O=C(CCC(F)(F)F)CC12CC(n3cnc4cnc5[nH]ccc5c43)(C1)C2. The molecule has 6 fully saturated rings. The highest BCUT2D eigenvalue weighted by molar-refractivity contribution is 6.02. The van der Waals surface area contributed by atoms with Crippen molar-refractivity contribution in [2.45, 2.75) is 86.8 Å². The van der Waals surface area contributed by atoms with Gasteiger partial charge < -0.3 is 30.6 Å². The molecule has 0 aromatic carbocycles. The van der Waals surface area contributed by atoms with Crippen molar-refractivity contribution < 1.29 is 31.1 Å². The van der Waals surface area contributed by atoms with Gasteiger partial charge in [0.15, 0.2) is 0 Å². The topological polar surface area (TPSA) is 162 Å². The minimum atomic E-state index is -4.26. The summed E-state index contributed by atoms with van der Waals surface area (Å²) in [7, 11) is 0. The number of halogens is 6. The molecule has 0 amide bonds. The summed E-state index contributed by atoms with van der Waals surface area (Å²) in [5.74, 6) is -0.275. The highest BCUT2D eigenvalue weighted by atomic mass is 19.4. The van der Waals surface area contributed by atoms with Gasteiger partial charge in [-0.3, -0.25) is 4.79 Å². The first-order valence-electron chi connectivity index (χ1n) is 16.3. The first-order chi connectivity index (χ1) is 23.5. The van der Waals surface area contributed by atoms with Gasteiger partial charge in [0.05, 0.1) is 54.6 Å². The van der Waals surface area contributed by atoms with Crippen LogP contribution < -0.4 is 11.5 Å². The fraction of sp³-hybridized carbons (Fsp3) is 0.485. The summed E-state index contributed by atoms with van der Waals surface area (Å²) in [6.45, 7) is -1.23. The maximum atomic E-state index is 12.3. The molecule has 6 N–H and O–H groups in total. The number of Topliss-reactive ketones (excluding diaryl/α,β-unsaturated/α-hetero) is 1. The largest absolute Gasteiger partial charge is 0.400 e. The predicted octanol–water partition coefficient (Wildman–Crippen LogP) is 6.10. The molecule has 6 aromatic heterocycles. The van der Waals surface area contributed by atoms with Crippen molar-refractivity contribution in [3.63, 3.8) is 0 Å². The van der Waals surface area contributed by atoms with Crippen LogP contribution in [0.15, 0.2) is 49.6 Å². The lowest BCUT2D eigenvalue weighted by molar-refractivity contribution is -0.192. The molecule has 264 valence electrons. The molecule has 4 bridgehead atoms. The fourth-order valence-electron chi connectivity index (χ4n) is 8.97. The van der Waals surface area contributed by atoms with E-state index in [0.717, 1.165) is 77.1 Å². The van der Waals surface area contributed by atoms with Crippen molar-refractivity contribution in [1.29, 1.82) is 0 Å². The normalized spacial score (nSPS) is 27.8. The van der Waals surface area contributed by atoms with Crippen LogP contribution in [0.5, 0.6) is 0 Å². The molecular weight excluding hydrogens is 666 g/mol. The summed E-state index contributed by atoms with van der Waals surface area (Å²) in [6.07, 6.45) is 7.29. The van der Waals surface area contributed by atoms with E-state index in [1.54, 1.807) is 6.20 Å². The van der Waals surface area contributed by atoms with E-state index in [9.17, 15) is 31.1 Å². The number of H-pyrrole nitrogens is 2. The Kier molecular flexibility index (Phi) is 7.02. The van der Waals surface area contributed by atoms with Gasteiger partial charge in [-0.25, -0.2) is 19.9 Å². The highest BCUT2D eigenvalue weighted by Gasteiger charge is 2.69. The second-order valence-corrected chi connectivity index (χ2v) is 14.7. The number of imidazole rings is 2. The zero-order chi connectivity index (χ0) is 35.3. The summed E-state index contributed by atoms with van der Waals surface area (Å²) in [6, 6.07) is 4.05. The molecule has 17 heteroatoms. The molecule has 12 rings (SSSR count). The first-order valence-corrected chi connectivity index (χ1v) is 16.3. The molecule has 50 heavy (non-hydrogen) atoms. The van der Waals surface area contributed by atoms with Gasteiger partial charge in [-0.05, 0) is 56.1 Å². The Balaban J connectivity index is 0.000000130. The second-order valence-electron chi connectivity index (χ2n) is 14.7. The van der Waals surface area contributed by atoms with Gasteiger partial charge >= 0.3 is 12.4 Å². The van der Waals surface area contributed by atoms with Crippen molar-refractivity contribution in [3.8, 4) is 0 Å². The summed E-state index contributed by atoms with van der Waals surface area (Å²) in [4.78, 5) is 35.9. The summed E-state index contributed by atoms with van der Waals surface area (Å²) >= 11 is 0. The number of carbonyl (C=O) groups excluding carboxylic acids is 1. The lowest BCUT2D eigenvalue weighted by atomic mass is 9.38. The van der Waals surface area contributed by atoms with Gasteiger partial charge in [-0.15, -0.1) is 0 Å². The predicted molar refractivity (Wildman–Crippen MR) is 172 cm³/mol. The van der Waals surface area contributed by atoms with Crippen LogP contribution in [-0.2, 0) is 15.9 Å². The van der Waals surface area contributed by atoms with Crippen LogP contribution in [0, 0.1) is 5.41 Å². The number of carbonyl (C=O) groups is 1. The number of aromatic amines is 2. The monoisotopic (exact) mass is 700 g/mol. The standard InChI is InChI=1S/C18H17F3N4O.C13H13N5.C2H4F3N/c19-18(20,21)3-1-11(26)5-16-7-17(8-16,9-16)25-10-24-13-6-23-15-12(14(13)25)2-4-22-15;14-12-4-13(5-12,6-12)18-7-17-9-3-16-11-8(10(9)18)1-2-15-11;3-2(4,5)1-6/h2,4,6,10H,1,3,5,7-9H2,(H,22,23);1-3,7H,4-6,14H2,(H,15,16);1,6H2. The Morgan fingerprint density at radius 3 is 1.64 bits per heavy atom. The lowest BCUT2D eigenvalue weighted by Gasteiger charge is -2.71. The van der Waals surface area contributed by atoms with E-state index in [0.29, 0.717) is 0 Å². The Hall–Kier alpha value is -4.51. The van der Waals surface area contributed by atoms with Crippen LogP contribution in [0.3, 0.4) is 0 Å². The third-order valence-electron chi connectivity index (χ3n) is 10.9. The van der Waals surface area contributed by atoms with Crippen LogP contribution in [-0.4, -0.2) is 69.3 Å². The molecule has 6 aliphatic rings. The molecule has 0 unspecified atom stereocenters. The van der Waals surface area contributed by atoms with E-state index in [4.69, 9.17) is 5.73 Å². The number of rotatable bonds is 6. The summed E-state index contributed by atoms with van der Waals surface area (Å²) in [5, 5.41) is 2.17. The van der Waals surface area contributed by atoms with Crippen molar-refractivity contribution in [3.05, 3.63) is 49.6 Å². The number of hydrogen-bond acceptors (Lipinski definition) is 7. The van der Waals surface area contributed by atoms with E-state index in [1.165, 1.54) is 5.52 Å². The molecule has 6 aromatic rings. The third kappa shape index (κ3) is 5.32. The summed E-state index contributed by atoms with van der Waals surface area (Å²) < 4.78 is 73.3. The third-order valence-corrected chi connectivity index (χ3v) is 10.9. The molecule has 6 saturated carbocycles. The van der Waals surface area contributed by atoms with Crippen LogP contribution in [0.2, 0.25) is 0 Å². The van der Waals surface area contributed by atoms with Crippen LogP contribution in [0.1, 0.15) is 57.8 Å². The van der Waals surface area contributed by atoms with Gasteiger partial charge in [0.1, 0.15) is 28.1 Å². The number of alkyl halides is 6. The summed E-state index contributed by atoms with van der Waals surface area (Å²) in [5.41, 5.74) is 16.3. The lowest BCUT2D eigenvalue weighted by Crippen LogP contribution is -2.76. The number of nitrogens with zero attached hydrogens (tertiary/aromatic N) is 6. The van der Waals surface area contributed by atoms with Crippen LogP contribution in [0.4, 0.5) is 26.3 Å². The van der Waals surface area contributed by atoms with Gasteiger partial charge in [0, 0.05) is 47.1 Å². The molecule has 0 spiro atoms. The molecule has 6 aliphatic carbocycles. The molecule has 6 heterocycles.